The summed E-state index contributed by atoms with van der Waals surface area (Å²) in [5.74, 6) is 2.25. The Kier molecular flexibility index (Phi) is 11.3. The molecule has 0 aliphatic rings. The number of nitrogens with two attached hydrogens (primary N) is 1. The highest BCUT2D eigenvalue weighted by molar-refractivity contribution is 9.10. The van der Waals surface area contributed by atoms with Crippen molar-refractivity contribution in [3.8, 4) is 12.3 Å². The Labute approximate surface area is 152 Å². The van der Waals surface area contributed by atoms with E-state index in [1.807, 2.05) is 45.1 Å². The standard InChI is InChI=1S/C11H10BrNS.C5H11N.C3H4/c1-3-7(2)11-13-9-5-4-8(12)6-10(9)14-11;1-3-4-5(2)6;1-3-2/h3-6H,1-2H3;3-5H,6H2,1-2H3;1H,2H3/b7-3+;4-3-;. The maximum absolute atomic E-state index is 5.32. The number of rotatable bonds is 2. The molecule has 0 spiro atoms. The van der Waals surface area contributed by atoms with E-state index >= 15 is 0 Å². The summed E-state index contributed by atoms with van der Waals surface area (Å²) in [5, 5.41) is 1.11. The van der Waals surface area contributed by atoms with E-state index in [9.17, 15) is 0 Å². The number of benzene rings is 1. The molecular weight excluding hydrogens is 368 g/mol. The molecule has 1 unspecified atom stereocenters. The summed E-state index contributed by atoms with van der Waals surface area (Å²) in [4.78, 5) is 4.55. The van der Waals surface area contributed by atoms with Crippen molar-refractivity contribution < 1.29 is 0 Å². The lowest BCUT2D eigenvalue weighted by Crippen LogP contribution is -2.09. The van der Waals surface area contributed by atoms with Gasteiger partial charge in [0.05, 0.1) is 10.2 Å². The van der Waals surface area contributed by atoms with Gasteiger partial charge in [-0.3, -0.25) is 0 Å². The molecule has 0 saturated carbocycles. The van der Waals surface area contributed by atoms with Crippen molar-refractivity contribution in [2.45, 2.75) is 40.7 Å². The normalized spacial score (nSPS) is 12.0. The highest BCUT2D eigenvalue weighted by atomic mass is 79.9. The van der Waals surface area contributed by atoms with Crippen LogP contribution in [0.1, 0.15) is 39.6 Å². The van der Waals surface area contributed by atoms with Crippen molar-refractivity contribution in [2.75, 3.05) is 0 Å². The minimum absolute atomic E-state index is 0.218. The number of aromatic nitrogens is 1. The predicted octanol–water partition coefficient (Wildman–Crippen LogP) is 6.03. The maximum atomic E-state index is 5.32. The molecule has 1 aromatic carbocycles. The van der Waals surface area contributed by atoms with E-state index in [0.717, 1.165) is 15.0 Å². The molecule has 1 heterocycles. The fourth-order valence-electron chi connectivity index (χ4n) is 1.49. The second-order valence-electron chi connectivity index (χ2n) is 4.78. The van der Waals surface area contributed by atoms with Crippen LogP contribution in [0.4, 0.5) is 0 Å². The van der Waals surface area contributed by atoms with Crippen molar-refractivity contribution in [2.24, 2.45) is 5.73 Å². The number of fused-ring (bicyclic) bond motifs is 1. The topological polar surface area (TPSA) is 38.9 Å². The largest absolute Gasteiger partial charge is 0.325 e. The summed E-state index contributed by atoms with van der Waals surface area (Å²) in [7, 11) is 0. The molecule has 0 aliphatic heterocycles. The number of halogens is 1. The lowest BCUT2D eigenvalue weighted by atomic mass is 10.3. The van der Waals surface area contributed by atoms with Gasteiger partial charge in [-0.1, -0.05) is 34.2 Å². The fraction of sp³-hybridized carbons (Fsp3) is 0.316. The number of hydrogen-bond acceptors (Lipinski definition) is 3. The third-order valence-electron chi connectivity index (χ3n) is 2.62. The lowest BCUT2D eigenvalue weighted by Gasteiger charge is -1.89. The maximum Gasteiger partial charge on any atom is 0.119 e. The Bertz CT molecular complexity index is 691. The summed E-state index contributed by atoms with van der Waals surface area (Å²) in [6.07, 6.45) is 10.6. The van der Waals surface area contributed by atoms with Gasteiger partial charge in [0.15, 0.2) is 0 Å². The summed E-state index contributed by atoms with van der Waals surface area (Å²) in [5.41, 5.74) is 7.63. The van der Waals surface area contributed by atoms with Crippen LogP contribution < -0.4 is 5.73 Å². The third kappa shape index (κ3) is 8.71. The van der Waals surface area contributed by atoms with Gasteiger partial charge in [-0.2, -0.15) is 0 Å². The minimum atomic E-state index is 0.218. The van der Waals surface area contributed by atoms with Gasteiger partial charge in [0.25, 0.3) is 0 Å². The van der Waals surface area contributed by atoms with Gasteiger partial charge >= 0.3 is 0 Å². The first kappa shape index (κ1) is 21.6. The van der Waals surface area contributed by atoms with E-state index in [4.69, 9.17) is 5.73 Å². The molecule has 0 aliphatic carbocycles. The summed E-state index contributed by atoms with van der Waals surface area (Å²) in [6, 6.07) is 6.40. The SMILES string of the molecule is C#CC.C/C=C(\C)c1nc2ccc(Br)cc2s1.C/C=C\C(C)N. The van der Waals surface area contributed by atoms with E-state index in [1.165, 1.54) is 10.3 Å². The molecule has 0 saturated heterocycles. The Balaban J connectivity index is 0.000000453. The van der Waals surface area contributed by atoms with E-state index in [-0.39, 0.29) is 6.04 Å². The molecule has 1 atom stereocenters. The first-order chi connectivity index (χ1) is 10.9. The van der Waals surface area contributed by atoms with Crippen molar-refractivity contribution in [3.63, 3.8) is 0 Å². The molecule has 4 heteroatoms. The van der Waals surface area contributed by atoms with E-state index in [1.54, 1.807) is 18.3 Å². The predicted molar refractivity (Wildman–Crippen MR) is 110 cm³/mol. The van der Waals surface area contributed by atoms with Crippen LogP contribution in [0, 0.1) is 12.3 Å². The molecular formula is C19H25BrN2S. The summed E-state index contributed by atoms with van der Waals surface area (Å²) < 4.78 is 2.34. The van der Waals surface area contributed by atoms with Crippen LogP contribution in [0.5, 0.6) is 0 Å². The van der Waals surface area contributed by atoms with Crippen molar-refractivity contribution in [1.82, 2.24) is 4.98 Å². The average Bonchev–Trinajstić information content (AvgIpc) is 2.90. The van der Waals surface area contributed by atoms with Gasteiger partial charge in [-0.25, -0.2) is 4.98 Å². The Morgan fingerprint density at radius 3 is 2.48 bits per heavy atom. The minimum Gasteiger partial charge on any atom is -0.325 e. The Hall–Kier alpha value is -1.41. The van der Waals surface area contributed by atoms with Crippen LogP contribution in [0.2, 0.25) is 0 Å². The second kappa shape index (κ2) is 12.1. The second-order valence-corrected chi connectivity index (χ2v) is 6.72. The van der Waals surface area contributed by atoms with Crippen molar-refractivity contribution in [3.05, 3.63) is 45.9 Å². The van der Waals surface area contributed by atoms with E-state index in [2.05, 4.69) is 52.3 Å². The van der Waals surface area contributed by atoms with Crippen LogP contribution in [0.3, 0.4) is 0 Å². The summed E-state index contributed by atoms with van der Waals surface area (Å²) >= 11 is 5.19. The zero-order chi connectivity index (χ0) is 17.8. The highest BCUT2D eigenvalue weighted by Crippen LogP contribution is 2.28. The van der Waals surface area contributed by atoms with Gasteiger partial charge in [0.1, 0.15) is 5.01 Å². The molecule has 2 N–H and O–H groups in total. The fourth-order valence-corrected chi connectivity index (χ4v) is 3.04. The van der Waals surface area contributed by atoms with Gasteiger partial charge in [-0.05, 0) is 58.4 Å². The number of allylic oxidation sites excluding steroid dienone is 3. The first-order valence-corrected chi connectivity index (χ1v) is 8.95. The number of terminal acetylenes is 1. The van der Waals surface area contributed by atoms with Crippen molar-refractivity contribution >= 4 is 43.1 Å². The summed E-state index contributed by atoms with van der Waals surface area (Å²) in [6.45, 7) is 9.69. The Morgan fingerprint density at radius 1 is 1.43 bits per heavy atom. The molecule has 2 rings (SSSR count). The monoisotopic (exact) mass is 392 g/mol. The van der Waals surface area contributed by atoms with Crippen molar-refractivity contribution in [1.29, 1.82) is 0 Å². The molecule has 23 heavy (non-hydrogen) atoms. The molecule has 124 valence electrons. The molecule has 2 aromatic rings. The molecule has 0 bridgehead atoms. The van der Waals surface area contributed by atoms with E-state index in [0.29, 0.717) is 0 Å². The number of thiazole rings is 1. The average molecular weight is 393 g/mol. The van der Waals surface area contributed by atoms with Crippen LogP contribution in [-0.4, -0.2) is 11.0 Å². The Morgan fingerprint density at radius 2 is 2.04 bits per heavy atom. The molecule has 2 nitrogen and oxygen atoms in total. The first-order valence-electron chi connectivity index (χ1n) is 7.34. The molecule has 0 fully saturated rings. The zero-order valence-electron chi connectivity index (χ0n) is 14.4. The number of nitrogens with zero attached hydrogens (tertiary/aromatic N) is 1. The van der Waals surface area contributed by atoms with Gasteiger partial charge in [0, 0.05) is 10.5 Å². The third-order valence-corrected chi connectivity index (χ3v) is 4.26. The van der Waals surface area contributed by atoms with Gasteiger partial charge < -0.3 is 5.73 Å². The highest BCUT2D eigenvalue weighted by Gasteiger charge is 2.04. The number of hydrogen-bond donors (Lipinski definition) is 1. The molecule has 1 aromatic heterocycles. The zero-order valence-corrected chi connectivity index (χ0v) is 16.8. The van der Waals surface area contributed by atoms with Crippen LogP contribution in [0.15, 0.2) is 40.9 Å². The quantitative estimate of drug-likeness (QED) is 0.500. The molecule has 0 amide bonds. The van der Waals surface area contributed by atoms with E-state index < -0.39 is 0 Å². The van der Waals surface area contributed by atoms with Gasteiger partial charge in [-0.15, -0.1) is 23.7 Å². The smallest absolute Gasteiger partial charge is 0.119 e. The molecule has 0 radical (unpaired) electrons. The van der Waals surface area contributed by atoms with Crippen LogP contribution >= 0.6 is 27.3 Å². The van der Waals surface area contributed by atoms with Crippen LogP contribution in [0.25, 0.3) is 15.8 Å². The van der Waals surface area contributed by atoms with Gasteiger partial charge in [0.2, 0.25) is 0 Å². The van der Waals surface area contributed by atoms with Crippen LogP contribution in [-0.2, 0) is 0 Å². The lowest BCUT2D eigenvalue weighted by molar-refractivity contribution is 0.924.